The Bertz CT molecular complexity index is 501. The molecule has 0 aliphatic carbocycles. The monoisotopic (exact) mass is 309 g/mol. The third kappa shape index (κ3) is 3.26. The fourth-order valence-corrected chi connectivity index (χ4v) is 3.48. The molecule has 1 fully saturated rings. The summed E-state index contributed by atoms with van der Waals surface area (Å²) in [5.74, 6) is 0.218. The number of piperazine rings is 1. The van der Waals surface area contributed by atoms with E-state index in [0.717, 1.165) is 5.01 Å². The van der Waals surface area contributed by atoms with Crippen molar-refractivity contribution in [2.75, 3.05) is 6.54 Å². The van der Waals surface area contributed by atoms with Crippen molar-refractivity contribution in [3.05, 3.63) is 16.6 Å². The van der Waals surface area contributed by atoms with Crippen LogP contribution >= 0.6 is 11.3 Å². The van der Waals surface area contributed by atoms with Crippen LogP contribution in [0.4, 0.5) is 0 Å². The molecule has 2 amide bonds. The summed E-state index contributed by atoms with van der Waals surface area (Å²) in [6.45, 7) is 8.47. The molecular formula is C15H23N3O2S. The van der Waals surface area contributed by atoms with E-state index in [1.165, 1.54) is 0 Å². The van der Waals surface area contributed by atoms with E-state index in [4.69, 9.17) is 0 Å². The molecule has 2 rings (SSSR count). The number of rotatable bonds is 5. The number of nitrogens with one attached hydrogen (secondary N) is 1. The van der Waals surface area contributed by atoms with Crippen LogP contribution in [0.2, 0.25) is 0 Å². The van der Waals surface area contributed by atoms with E-state index in [1.807, 2.05) is 26.2 Å². The van der Waals surface area contributed by atoms with Crippen molar-refractivity contribution in [1.82, 2.24) is 15.2 Å². The number of amides is 2. The van der Waals surface area contributed by atoms with Crippen LogP contribution < -0.4 is 5.32 Å². The smallest absolute Gasteiger partial charge is 0.245 e. The first-order valence-corrected chi connectivity index (χ1v) is 8.33. The van der Waals surface area contributed by atoms with E-state index >= 15 is 0 Å². The maximum absolute atomic E-state index is 12.6. The molecule has 1 N–H and O–H groups in total. The van der Waals surface area contributed by atoms with Gasteiger partial charge in [0, 0.05) is 24.0 Å². The van der Waals surface area contributed by atoms with Crippen molar-refractivity contribution < 1.29 is 9.59 Å². The first-order chi connectivity index (χ1) is 9.95. The Morgan fingerprint density at radius 2 is 2.10 bits per heavy atom. The lowest BCUT2D eigenvalue weighted by molar-refractivity contribution is -0.151. The third-order valence-corrected chi connectivity index (χ3v) is 4.89. The van der Waals surface area contributed by atoms with Crippen molar-refractivity contribution in [3.63, 3.8) is 0 Å². The second-order valence-corrected chi connectivity index (χ2v) is 6.85. The van der Waals surface area contributed by atoms with Gasteiger partial charge in [-0.25, -0.2) is 4.98 Å². The molecule has 0 radical (unpaired) electrons. The lowest BCUT2D eigenvalue weighted by atomic mass is 9.95. The number of hydrogen-bond acceptors (Lipinski definition) is 4. The molecule has 21 heavy (non-hydrogen) atoms. The first kappa shape index (κ1) is 15.9. The molecule has 0 spiro atoms. The molecule has 3 atom stereocenters. The Balaban J connectivity index is 2.21. The molecular weight excluding hydrogens is 286 g/mol. The maximum Gasteiger partial charge on any atom is 0.245 e. The van der Waals surface area contributed by atoms with Crippen LogP contribution in [0.15, 0.2) is 11.6 Å². The zero-order valence-electron chi connectivity index (χ0n) is 13.0. The minimum Gasteiger partial charge on any atom is -0.343 e. The lowest BCUT2D eigenvalue weighted by Gasteiger charge is -2.41. The molecule has 0 bridgehead atoms. The summed E-state index contributed by atoms with van der Waals surface area (Å²) in [6.07, 6.45) is 2.40. The van der Waals surface area contributed by atoms with Gasteiger partial charge in [0.2, 0.25) is 11.8 Å². The highest BCUT2D eigenvalue weighted by molar-refractivity contribution is 7.09. The van der Waals surface area contributed by atoms with E-state index in [0.29, 0.717) is 13.0 Å². The molecule has 6 heteroatoms. The third-order valence-electron chi connectivity index (χ3n) is 3.89. The van der Waals surface area contributed by atoms with Crippen LogP contribution in [0.5, 0.6) is 0 Å². The molecule has 0 aromatic carbocycles. The normalized spacial score (nSPS) is 24.3. The molecule has 1 aliphatic heterocycles. The summed E-state index contributed by atoms with van der Waals surface area (Å²) in [6, 6.07) is -0.779. The van der Waals surface area contributed by atoms with Crippen molar-refractivity contribution in [3.8, 4) is 0 Å². The summed E-state index contributed by atoms with van der Waals surface area (Å²) >= 11 is 1.59. The summed E-state index contributed by atoms with van der Waals surface area (Å²) in [5.41, 5.74) is 0. The molecule has 2 heterocycles. The van der Waals surface area contributed by atoms with Crippen molar-refractivity contribution in [2.24, 2.45) is 5.92 Å². The molecule has 1 aliphatic rings. The fourth-order valence-electron chi connectivity index (χ4n) is 2.79. The van der Waals surface area contributed by atoms with E-state index in [1.54, 1.807) is 22.4 Å². The van der Waals surface area contributed by atoms with Gasteiger partial charge in [-0.15, -0.1) is 11.3 Å². The maximum atomic E-state index is 12.6. The number of aromatic nitrogens is 1. The molecule has 1 saturated heterocycles. The SMILES string of the molecule is CCC1NC(=O)C(C(C)C)N(CC(C)c2nccs2)C1=O. The molecule has 3 unspecified atom stereocenters. The van der Waals surface area contributed by atoms with Gasteiger partial charge in [0.25, 0.3) is 0 Å². The quantitative estimate of drug-likeness (QED) is 0.905. The average molecular weight is 309 g/mol. The summed E-state index contributed by atoms with van der Waals surface area (Å²) in [5, 5.41) is 5.78. The molecule has 116 valence electrons. The Morgan fingerprint density at radius 1 is 1.38 bits per heavy atom. The second-order valence-electron chi connectivity index (χ2n) is 5.92. The van der Waals surface area contributed by atoms with E-state index in [2.05, 4.69) is 17.2 Å². The minimum absolute atomic E-state index is 0.0270. The predicted octanol–water partition coefficient (Wildman–Crippen LogP) is 2.01. The largest absolute Gasteiger partial charge is 0.343 e. The Morgan fingerprint density at radius 3 is 2.62 bits per heavy atom. The van der Waals surface area contributed by atoms with Gasteiger partial charge < -0.3 is 10.2 Å². The summed E-state index contributed by atoms with van der Waals surface area (Å²) < 4.78 is 0. The topological polar surface area (TPSA) is 62.3 Å². The van der Waals surface area contributed by atoms with E-state index < -0.39 is 6.04 Å². The standard InChI is InChI=1S/C15H23N3O2S/c1-5-11-15(20)18(12(9(2)3)13(19)17-11)8-10(4)14-16-6-7-21-14/h6-7,9-12H,5,8H2,1-4H3,(H,17,19). The van der Waals surface area contributed by atoms with Crippen LogP contribution in [-0.4, -0.2) is 40.3 Å². The fraction of sp³-hybridized carbons (Fsp3) is 0.667. The van der Waals surface area contributed by atoms with Crippen molar-refractivity contribution in [1.29, 1.82) is 0 Å². The number of thiazole rings is 1. The van der Waals surface area contributed by atoms with Gasteiger partial charge in [-0.05, 0) is 12.3 Å². The first-order valence-electron chi connectivity index (χ1n) is 7.45. The van der Waals surface area contributed by atoms with Gasteiger partial charge in [-0.1, -0.05) is 27.7 Å². The van der Waals surface area contributed by atoms with Crippen LogP contribution in [0.25, 0.3) is 0 Å². The summed E-state index contributed by atoms with van der Waals surface area (Å²) in [7, 11) is 0. The van der Waals surface area contributed by atoms with Crippen molar-refractivity contribution >= 4 is 23.2 Å². The Kier molecular flexibility index (Phi) is 4.98. The van der Waals surface area contributed by atoms with Crippen LogP contribution in [0.3, 0.4) is 0 Å². The minimum atomic E-state index is -0.393. The molecule has 5 nitrogen and oxygen atoms in total. The molecule has 0 saturated carbocycles. The van der Waals surface area contributed by atoms with Gasteiger partial charge >= 0.3 is 0 Å². The lowest BCUT2D eigenvalue weighted by Crippen LogP contribution is -2.65. The van der Waals surface area contributed by atoms with E-state index in [9.17, 15) is 9.59 Å². The van der Waals surface area contributed by atoms with Gasteiger partial charge in [0.1, 0.15) is 12.1 Å². The number of nitrogens with zero attached hydrogens (tertiary/aromatic N) is 2. The number of hydrogen-bond donors (Lipinski definition) is 1. The Labute approximate surface area is 129 Å². The number of carbonyl (C=O) groups is 2. The van der Waals surface area contributed by atoms with Crippen molar-refractivity contribution in [2.45, 2.75) is 52.1 Å². The summed E-state index contributed by atoms with van der Waals surface area (Å²) in [4.78, 5) is 31.0. The van der Waals surface area contributed by atoms with Crippen LogP contribution in [0.1, 0.15) is 45.0 Å². The van der Waals surface area contributed by atoms with E-state index in [-0.39, 0.29) is 29.7 Å². The predicted molar refractivity (Wildman–Crippen MR) is 83.1 cm³/mol. The van der Waals surface area contributed by atoms with Gasteiger partial charge in [-0.2, -0.15) is 0 Å². The van der Waals surface area contributed by atoms with Crippen LogP contribution in [0, 0.1) is 5.92 Å². The van der Waals surface area contributed by atoms with Crippen LogP contribution in [-0.2, 0) is 9.59 Å². The average Bonchev–Trinajstić information content (AvgIpc) is 2.96. The highest BCUT2D eigenvalue weighted by Crippen LogP contribution is 2.24. The highest BCUT2D eigenvalue weighted by atomic mass is 32.1. The zero-order valence-corrected chi connectivity index (χ0v) is 13.8. The Hall–Kier alpha value is -1.43. The molecule has 1 aromatic heterocycles. The van der Waals surface area contributed by atoms with Gasteiger partial charge in [0.15, 0.2) is 0 Å². The second kappa shape index (κ2) is 6.56. The molecule has 1 aromatic rings. The number of carbonyl (C=O) groups excluding carboxylic acids is 2. The van der Waals surface area contributed by atoms with Gasteiger partial charge in [0.05, 0.1) is 5.01 Å². The highest BCUT2D eigenvalue weighted by Gasteiger charge is 2.41. The van der Waals surface area contributed by atoms with Gasteiger partial charge in [-0.3, -0.25) is 9.59 Å². The zero-order chi connectivity index (χ0) is 15.6.